The first kappa shape index (κ1) is 20.5. The summed E-state index contributed by atoms with van der Waals surface area (Å²) in [4.78, 5) is 0.194. The summed E-state index contributed by atoms with van der Waals surface area (Å²) < 4.78 is 33.8. The van der Waals surface area contributed by atoms with Crippen molar-refractivity contribution in [2.24, 2.45) is 0 Å². The quantitative estimate of drug-likeness (QED) is 0.527. The zero-order valence-corrected chi connectivity index (χ0v) is 17.2. The molecule has 0 aliphatic rings. The molecule has 3 aromatic rings. The van der Waals surface area contributed by atoms with Crippen molar-refractivity contribution < 1.29 is 13.2 Å². The van der Waals surface area contributed by atoms with Gasteiger partial charge in [0.2, 0.25) is 10.0 Å². The number of hydrogen-bond donors (Lipinski definition) is 2. The van der Waals surface area contributed by atoms with Crippen molar-refractivity contribution in [3.8, 4) is 11.5 Å². The van der Waals surface area contributed by atoms with Crippen molar-refractivity contribution >= 4 is 22.7 Å². The lowest BCUT2D eigenvalue weighted by atomic mass is 10.1. The van der Waals surface area contributed by atoms with Crippen LogP contribution >= 0.6 is 12.6 Å². The average molecular weight is 414 g/mol. The molecule has 0 spiro atoms. The number of rotatable bonds is 8. The fourth-order valence-corrected chi connectivity index (χ4v) is 4.41. The third-order valence-corrected chi connectivity index (χ3v) is 6.52. The molecule has 0 heterocycles. The number of hydrogen-bond acceptors (Lipinski definition) is 4. The first-order valence-corrected chi connectivity index (χ1v) is 11.0. The Hall–Kier alpha value is -2.28. The third-order valence-electron chi connectivity index (χ3n) is 4.32. The van der Waals surface area contributed by atoms with Crippen LogP contribution in [0.15, 0.2) is 89.8 Å². The standard InChI is InChI=1S/C22H23NO3S2/c1-17(22(27)16-18-8-4-2-5-9-18)23-28(24,25)21-14-12-20(13-15-21)26-19-10-6-3-7-11-19/h2-15,17,22-23,27H,16H2,1H3/t17-,22?/m1/s1. The van der Waals surface area contributed by atoms with Crippen LogP contribution in [0.25, 0.3) is 0 Å². The van der Waals surface area contributed by atoms with Crippen LogP contribution in [0.2, 0.25) is 0 Å². The van der Waals surface area contributed by atoms with Gasteiger partial charge in [-0.15, -0.1) is 0 Å². The zero-order chi connectivity index (χ0) is 20.0. The summed E-state index contributed by atoms with van der Waals surface area (Å²) in [5.74, 6) is 1.28. The zero-order valence-electron chi connectivity index (χ0n) is 15.5. The van der Waals surface area contributed by atoms with Crippen LogP contribution in [0.3, 0.4) is 0 Å². The predicted molar refractivity (Wildman–Crippen MR) is 116 cm³/mol. The highest BCUT2D eigenvalue weighted by molar-refractivity contribution is 7.89. The van der Waals surface area contributed by atoms with Gasteiger partial charge in [0.1, 0.15) is 11.5 Å². The molecule has 0 aliphatic heterocycles. The molecule has 6 heteroatoms. The molecule has 0 aliphatic carbocycles. The number of ether oxygens (including phenoxy) is 1. The highest BCUT2D eigenvalue weighted by Crippen LogP contribution is 2.23. The number of thiol groups is 1. The van der Waals surface area contributed by atoms with Crippen molar-refractivity contribution in [2.45, 2.75) is 29.5 Å². The van der Waals surface area contributed by atoms with E-state index in [1.807, 2.05) is 67.6 Å². The smallest absolute Gasteiger partial charge is 0.240 e. The Labute approximate surface area is 172 Å². The van der Waals surface area contributed by atoms with Gasteiger partial charge in [0.15, 0.2) is 0 Å². The average Bonchev–Trinajstić information content (AvgIpc) is 2.69. The molecule has 3 aromatic carbocycles. The molecule has 28 heavy (non-hydrogen) atoms. The van der Waals surface area contributed by atoms with E-state index < -0.39 is 10.0 Å². The van der Waals surface area contributed by atoms with E-state index in [0.717, 1.165) is 5.56 Å². The number of sulfonamides is 1. The van der Waals surface area contributed by atoms with E-state index in [0.29, 0.717) is 17.9 Å². The molecule has 3 rings (SSSR count). The van der Waals surface area contributed by atoms with Gasteiger partial charge in [-0.05, 0) is 55.3 Å². The first-order chi connectivity index (χ1) is 13.4. The Kier molecular flexibility index (Phi) is 6.78. The Morgan fingerprint density at radius 1 is 0.857 bits per heavy atom. The second kappa shape index (κ2) is 9.28. The molecule has 2 atom stereocenters. The van der Waals surface area contributed by atoms with E-state index >= 15 is 0 Å². The maximum absolute atomic E-state index is 12.7. The van der Waals surface area contributed by atoms with Gasteiger partial charge in [-0.25, -0.2) is 13.1 Å². The van der Waals surface area contributed by atoms with E-state index in [1.54, 1.807) is 12.1 Å². The minimum absolute atomic E-state index is 0.141. The molecule has 4 nitrogen and oxygen atoms in total. The van der Waals surface area contributed by atoms with Crippen LogP contribution < -0.4 is 9.46 Å². The van der Waals surface area contributed by atoms with Crippen LogP contribution in [-0.4, -0.2) is 19.7 Å². The van der Waals surface area contributed by atoms with Crippen molar-refractivity contribution in [3.05, 3.63) is 90.5 Å². The second-order valence-corrected chi connectivity index (χ2v) is 8.93. The fourth-order valence-electron chi connectivity index (χ4n) is 2.74. The lowest BCUT2D eigenvalue weighted by Crippen LogP contribution is -2.39. The van der Waals surface area contributed by atoms with Crippen LogP contribution in [-0.2, 0) is 16.4 Å². The number of nitrogens with one attached hydrogen (secondary N) is 1. The topological polar surface area (TPSA) is 55.4 Å². The van der Waals surface area contributed by atoms with E-state index in [-0.39, 0.29) is 16.2 Å². The maximum Gasteiger partial charge on any atom is 0.240 e. The van der Waals surface area contributed by atoms with Crippen molar-refractivity contribution in [3.63, 3.8) is 0 Å². The largest absolute Gasteiger partial charge is 0.457 e. The van der Waals surface area contributed by atoms with Gasteiger partial charge < -0.3 is 4.74 Å². The van der Waals surface area contributed by atoms with Crippen molar-refractivity contribution in [1.82, 2.24) is 4.72 Å². The summed E-state index contributed by atoms with van der Waals surface area (Å²) in [7, 11) is -3.64. The van der Waals surface area contributed by atoms with Crippen molar-refractivity contribution in [1.29, 1.82) is 0 Å². The van der Waals surface area contributed by atoms with Crippen LogP contribution in [0.4, 0.5) is 0 Å². The minimum atomic E-state index is -3.64. The highest BCUT2D eigenvalue weighted by Gasteiger charge is 2.22. The normalized spacial score (nSPS) is 13.6. The summed E-state index contributed by atoms with van der Waals surface area (Å²) in [6, 6.07) is 25.3. The molecule has 146 valence electrons. The lowest BCUT2D eigenvalue weighted by Gasteiger charge is -2.21. The van der Waals surface area contributed by atoms with Gasteiger partial charge in [0.05, 0.1) is 4.90 Å². The minimum Gasteiger partial charge on any atom is -0.457 e. The molecule has 0 amide bonds. The monoisotopic (exact) mass is 413 g/mol. The molecule has 1 unspecified atom stereocenters. The Balaban J connectivity index is 1.63. The molecular weight excluding hydrogens is 390 g/mol. The second-order valence-electron chi connectivity index (χ2n) is 6.55. The molecule has 0 saturated heterocycles. The van der Waals surface area contributed by atoms with Gasteiger partial charge in [0.25, 0.3) is 0 Å². The lowest BCUT2D eigenvalue weighted by molar-refractivity contribution is 0.482. The van der Waals surface area contributed by atoms with Gasteiger partial charge in [-0.3, -0.25) is 0 Å². The molecule has 0 saturated carbocycles. The van der Waals surface area contributed by atoms with Gasteiger partial charge in [-0.1, -0.05) is 48.5 Å². The van der Waals surface area contributed by atoms with E-state index in [2.05, 4.69) is 17.4 Å². The molecular formula is C22H23NO3S2. The number of para-hydroxylation sites is 1. The Morgan fingerprint density at radius 2 is 1.39 bits per heavy atom. The summed E-state index contributed by atoms with van der Waals surface area (Å²) in [6.07, 6.45) is 0.678. The molecule has 0 aromatic heterocycles. The van der Waals surface area contributed by atoms with Gasteiger partial charge >= 0.3 is 0 Å². The Morgan fingerprint density at radius 3 is 2.00 bits per heavy atom. The van der Waals surface area contributed by atoms with Gasteiger partial charge in [0, 0.05) is 11.3 Å². The highest BCUT2D eigenvalue weighted by atomic mass is 32.2. The van der Waals surface area contributed by atoms with E-state index in [9.17, 15) is 8.42 Å². The maximum atomic E-state index is 12.7. The summed E-state index contributed by atoms with van der Waals surface area (Å²) in [5, 5.41) is -0.141. The SMILES string of the molecule is C[C@@H](NS(=O)(=O)c1ccc(Oc2ccccc2)cc1)C(S)Cc1ccccc1. The third kappa shape index (κ3) is 5.61. The van der Waals surface area contributed by atoms with Gasteiger partial charge in [-0.2, -0.15) is 12.6 Å². The molecule has 0 fully saturated rings. The predicted octanol–water partition coefficient (Wildman–Crippen LogP) is 4.69. The number of benzene rings is 3. The summed E-state index contributed by atoms with van der Waals surface area (Å²) >= 11 is 4.59. The Bertz CT molecular complexity index is 975. The summed E-state index contributed by atoms with van der Waals surface area (Å²) in [6.45, 7) is 1.82. The fraction of sp³-hybridized carbons (Fsp3) is 0.182. The molecule has 0 bridgehead atoms. The van der Waals surface area contributed by atoms with E-state index in [1.165, 1.54) is 12.1 Å². The van der Waals surface area contributed by atoms with E-state index in [4.69, 9.17) is 4.74 Å². The van der Waals surface area contributed by atoms with Crippen LogP contribution in [0, 0.1) is 0 Å². The van der Waals surface area contributed by atoms with Crippen LogP contribution in [0.1, 0.15) is 12.5 Å². The first-order valence-electron chi connectivity index (χ1n) is 9.01. The molecule has 0 radical (unpaired) electrons. The summed E-state index contributed by atoms with van der Waals surface area (Å²) in [5.41, 5.74) is 1.12. The molecule has 1 N–H and O–H groups in total. The van der Waals surface area contributed by atoms with Crippen molar-refractivity contribution in [2.75, 3.05) is 0 Å². The van der Waals surface area contributed by atoms with Crippen LogP contribution in [0.5, 0.6) is 11.5 Å².